The Kier molecular flexibility index (Phi) is 12.1. The number of carbonyl (C=O) groups is 1. The number of carbonyl (C=O) groups excluding carboxylic acids is 1. The zero-order valence-electron chi connectivity index (χ0n) is 27.6. The van der Waals surface area contributed by atoms with E-state index in [-0.39, 0.29) is 28.4 Å². The predicted molar refractivity (Wildman–Crippen MR) is 185 cm³/mol. The maximum atomic E-state index is 12.5. The third-order valence-electron chi connectivity index (χ3n) is 7.35. The molecule has 45 heavy (non-hydrogen) atoms. The summed E-state index contributed by atoms with van der Waals surface area (Å²) in [6, 6.07) is 17.7. The van der Waals surface area contributed by atoms with Gasteiger partial charge in [-0.1, -0.05) is 65.8 Å². The quantitative estimate of drug-likeness (QED) is 0.0987. The molecule has 4 aromatic rings. The molecule has 2 heterocycles. The van der Waals surface area contributed by atoms with E-state index in [9.17, 15) is 9.59 Å². The summed E-state index contributed by atoms with van der Waals surface area (Å²) in [4.78, 5) is 36.0. The summed E-state index contributed by atoms with van der Waals surface area (Å²) in [6.45, 7) is 14.8. The fourth-order valence-electron chi connectivity index (χ4n) is 4.61. The Morgan fingerprint density at radius 1 is 0.956 bits per heavy atom. The lowest BCUT2D eigenvalue weighted by atomic mass is 9.86. The van der Waals surface area contributed by atoms with Crippen LogP contribution in [0.4, 0.5) is 0 Å². The highest BCUT2D eigenvalue weighted by Gasteiger charge is 2.18. The zero-order valence-corrected chi connectivity index (χ0v) is 27.6. The number of H-pyrrole nitrogens is 1. The summed E-state index contributed by atoms with van der Waals surface area (Å²) in [7, 11) is 0. The lowest BCUT2D eigenvalue weighted by Gasteiger charge is -2.19. The van der Waals surface area contributed by atoms with Gasteiger partial charge in [-0.3, -0.25) is 14.4 Å². The van der Waals surface area contributed by atoms with Gasteiger partial charge in [0.25, 0.3) is 5.91 Å². The third-order valence-corrected chi connectivity index (χ3v) is 7.35. The molecule has 0 unspecified atom stereocenters. The Morgan fingerprint density at radius 2 is 1.67 bits per heavy atom. The van der Waals surface area contributed by atoms with Crippen LogP contribution < -0.4 is 28.2 Å². The van der Waals surface area contributed by atoms with Gasteiger partial charge >= 0.3 is 5.69 Å². The number of unbranched alkanes of at least 4 members (excludes halogenated alkanes) is 1. The van der Waals surface area contributed by atoms with Crippen molar-refractivity contribution < 1.29 is 4.79 Å². The number of rotatable bonds is 10. The van der Waals surface area contributed by atoms with Crippen molar-refractivity contribution in [2.45, 2.75) is 78.1 Å². The summed E-state index contributed by atoms with van der Waals surface area (Å²) in [5.41, 5.74) is 21.4. The average molecular weight is 615 g/mol. The van der Waals surface area contributed by atoms with E-state index < -0.39 is 0 Å². The molecule has 0 radical (unpaired) electrons. The molecule has 2 aromatic heterocycles. The first-order valence-corrected chi connectivity index (χ1v) is 15.6. The Labute approximate surface area is 266 Å². The van der Waals surface area contributed by atoms with Gasteiger partial charge in [0.2, 0.25) is 0 Å². The maximum absolute atomic E-state index is 12.5. The Balaban J connectivity index is 0.000000309. The molecule has 8 N–H and O–H groups in total. The van der Waals surface area contributed by atoms with E-state index >= 15 is 0 Å². The number of guanidine groups is 1. The van der Waals surface area contributed by atoms with Gasteiger partial charge in [-0.05, 0) is 79.1 Å². The predicted octanol–water partition coefficient (Wildman–Crippen LogP) is 4.67. The summed E-state index contributed by atoms with van der Waals surface area (Å²) >= 11 is 0. The highest BCUT2D eigenvalue weighted by Crippen LogP contribution is 2.25. The van der Waals surface area contributed by atoms with Crippen molar-refractivity contribution in [1.82, 2.24) is 19.9 Å². The van der Waals surface area contributed by atoms with E-state index in [1.807, 2.05) is 6.07 Å². The SMILES string of the molecule is CC(C)(C)c1cc2cn(-c3ccc(C(=O)NCCCN=C(N)N)cc3)c(=O)nc2[nH]1.CC(C)(C)c1cccc(CCCCN)c1. The number of aliphatic imine (C=N–C) groups is 1. The second kappa shape index (κ2) is 15.5. The molecule has 0 aliphatic rings. The summed E-state index contributed by atoms with van der Waals surface area (Å²) < 4.78 is 1.47. The van der Waals surface area contributed by atoms with Crippen molar-refractivity contribution >= 4 is 22.9 Å². The maximum Gasteiger partial charge on any atom is 0.354 e. The van der Waals surface area contributed by atoms with Crippen LogP contribution in [0, 0.1) is 0 Å². The van der Waals surface area contributed by atoms with Crippen LogP contribution in [0.25, 0.3) is 16.7 Å². The Hall–Kier alpha value is -4.44. The molecule has 0 aliphatic carbocycles. The van der Waals surface area contributed by atoms with Crippen molar-refractivity contribution in [3.8, 4) is 5.69 Å². The van der Waals surface area contributed by atoms with Crippen LogP contribution in [0.5, 0.6) is 0 Å². The monoisotopic (exact) mass is 614 g/mol. The van der Waals surface area contributed by atoms with E-state index in [4.69, 9.17) is 17.2 Å². The number of nitrogens with one attached hydrogen (secondary N) is 2. The molecule has 2 aromatic carbocycles. The molecule has 4 rings (SSSR count). The van der Waals surface area contributed by atoms with E-state index in [1.165, 1.54) is 22.1 Å². The zero-order chi connectivity index (χ0) is 33.2. The van der Waals surface area contributed by atoms with Crippen molar-refractivity contribution in [1.29, 1.82) is 0 Å². The molecule has 0 aliphatic heterocycles. The smallest absolute Gasteiger partial charge is 0.354 e. The minimum atomic E-state index is -0.387. The standard InChI is InChI=1S/C21H27N7O2.C14H23N/c1-21(2,3)16-11-14-12-28(20(30)27-17(14)26-16)15-7-5-13(6-8-15)18(29)24-9-4-10-25-19(22)23;1-14(2,3)13-9-6-8-12(11-13)7-4-5-10-15/h5-8,11-12H,4,9-10H2,1-3H3,(H,24,29)(H4,22,23,25)(H,26,27,30);6,8-9,11H,4-5,7,10,15H2,1-3H3. The molecule has 0 atom stereocenters. The van der Waals surface area contributed by atoms with Gasteiger partial charge < -0.3 is 27.5 Å². The number of aryl methyl sites for hydroxylation is 1. The first kappa shape index (κ1) is 35.0. The number of fused-ring (bicyclic) bond motifs is 1. The highest BCUT2D eigenvalue weighted by molar-refractivity contribution is 5.94. The van der Waals surface area contributed by atoms with E-state index in [0.29, 0.717) is 36.4 Å². The van der Waals surface area contributed by atoms with E-state index in [0.717, 1.165) is 30.5 Å². The first-order valence-electron chi connectivity index (χ1n) is 15.6. The number of nitrogens with zero attached hydrogens (tertiary/aromatic N) is 3. The van der Waals surface area contributed by atoms with Crippen LogP contribution in [0.2, 0.25) is 0 Å². The van der Waals surface area contributed by atoms with Gasteiger partial charge in [-0.2, -0.15) is 4.98 Å². The number of nitrogens with two attached hydrogens (primary N) is 3. The molecule has 0 saturated carbocycles. The topological polar surface area (TPSA) is 170 Å². The number of amides is 1. The summed E-state index contributed by atoms with van der Waals surface area (Å²) in [5, 5.41) is 3.66. The number of hydrogen-bond donors (Lipinski definition) is 5. The lowest BCUT2D eigenvalue weighted by Crippen LogP contribution is -2.26. The van der Waals surface area contributed by atoms with Crippen molar-refractivity contribution in [2.75, 3.05) is 19.6 Å². The molecule has 0 fully saturated rings. The summed E-state index contributed by atoms with van der Waals surface area (Å²) in [6.07, 6.45) is 5.87. The minimum absolute atomic E-state index is 0.0362. The molecule has 0 saturated heterocycles. The largest absolute Gasteiger partial charge is 0.370 e. The number of aromatic nitrogens is 3. The lowest BCUT2D eigenvalue weighted by molar-refractivity contribution is 0.0953. The van der Waals surface area contributed by atoms with Crippen LogP contribution in [-0.4, -0.2) is 46.0 Å². The Bertz CT molecular complexity index is 1630. The second-order valence-electron chi connectivity index (χ2n) is 13.3. The Morgan fingerprint density at radius 3 is 2.29 bits per heavy atom. The highest BCUT2D eigenvalue weighted by atomic mass is 16.2. The van der Waals surface area contributed by atoms with E-state index in [1.54, 1.807) is 30.5 Å². The van der Waals surface area contributed by atoms with Crippen molar-refractivity contribution in [3.63, 3.8) is 0 Å². The van der Waals surface area contributed by atoms with Gasteiger partial charge in [0.05, 0.1) is 5.69 Å². The molecule has 1 amide bonds. The number of benzene rings is 2. The number of hydrogen-bond acceptors (Lipinski definition) is 5. The molecule has 242 valence electrons. The van der Waals surface area contributed by atoms with Gasteiger partial charge in [0.1, 0.15) is 5.65 Å². The molecule has 10 nitrogen and oxygen atoms in total. The molecular weight excluding hydrogens is 564 g/mol. The fourth-order valence-corrected chi connectivity index (χ4v) is 4.61. The molecule has 0 bridgehead atoms. The fraction of sp³-hybridized carbons (Fsp3) is 0.429. The molecule has 0 spiro atoms. The normalized spacial score (nSPS) is 11.5. The van der Waals surface area contributed by atoms with Gasteiger partial charge in [0, 0.05) is 41.3 Å². The molecular formula is C35H50N8O2. The van der Waals surface area contributed by atoms with Crippen LogP contribution in [0.15, 0.2) is 70.6 Å². The van der Waals surface area contributed by atoms with Crippen LogP contribution in [0.1, 0.15) is 88.0 Å². The van der Waals surface area contributed by atoms with Crippen LogP contribution in [-0.2, 0) is 17.3 Å². The van der Waals surface area contributed by atoms with Gasteiger partial charge in [-0.25, -0.2) is 4.79 Å². The summed E-state index contributed by atoms with van der Waals surface area (Å²) in [5.74, 6) is -0.165. The van der Waals surface area contributed by atoms with Crippen LogP contribution in [0.3, 0.4) is 0 Å². The average Bonchev–Trinajstić information content (AvgIpc) is 3.40. The minimum Gasteiger partial charge on any atom is -0.370 e. The molecule has 10 heteroatoms. The van der Waals surface area contributed by atoms with Crippen molar-refractivity contribution in [3.05, 3.63) is 93.7 Å². The third kappa shape index (κ3) is 10.6. The van der Waals surface area contributed by atoms with Gasteiger partial charge in [0.15, 0.2) is 5.96 Å². The van der Waals surface area contributed by atoms with Gasteiger partial charge in [-0.15, -0.1) is 0 Å². The number of aromatic amines is 1. The van der Waals surface area contributed by atoms with Crippen LogP contribution >= 0.6 is 0 Å². The van der Waals surface area contributed by atoms with Crippen molar-refractivity contribution in [2.24, 2.45) is 22.2 Å². The first-order chi connectivity index (χ1) is 21.2. The second-order valence-corrected chi connectivity index (χ2v) is 13.3. The van der Waals surface area contributed by atoms with E-state index in [2.05, 4.69) is 86.1 Å².